The van der Waals surface area contributed by atoms with E-state index in [0.29, 0.717) is 32.5 Å². The Bertz CT molecular complexity index is 772. The van der Waals surface area contributed by atoms with Crippen molar-refractivity contribution in [2.45, 2.75) is 63.7 Å². The topological polar surface area (TPSA) is 84.9 Å². The van der Waals surface area contributed by atoms with Gasteiger partial charge in [0.05, 0.1) is 0 Å². The molecule has 2 heterocycles. The van der Waals surface area contributed by atoms with Crippen molar-refractivity contribution in [1.29, 1.82) is 0 Å². The molecular formula is C21H31FN2O4S. The highest BCUT2D eigenvalue weighted by Crippen LogP contribution is 2.57. The number of nitrogens with zero attached hydrogens (tertiary/aromatic N) is 1. The van der Waals surface area contributed by atoms with Crippen LogP contribution in [0.5, 0.6) is 5.75 Å². The zero-order valence-corrected chi connectivity index (χ0v) is 18.6. The molecule has 1 aromatic rings. The van der Waals surface area contributed by atoms with Gasteiger partial charge >= 0.3 is 6.09 Å². The Morgan fingerprint density at radius 1 is 1.34 bits per heavy atom. The van der Waals surface area contributed by atoms with Crippen LogP contribution >= 0.6 is 0 Å². The number of carboxylic acid groups (broad SMARTS) is 1. The van der Waals surface area contributed by atoms with E-state index in [9.17, 15) is 18.8 Å². The summed E-state index contributed by atoms with van der Waals surface area (Å²) in [4.78, 5) is 12.7. The molecule has 0 aromatic heterocycles. The molecule has 1 spiro atoms. The van der Waals surface area contributed by atoms with Crippen LogP contribution in [0.15, 0.2) is 18.2 Å². The fourth-order valence-electron chi connectivity index (χ4n) is 4.58. The number of fused-ring (bicyclic) bond motifs is 1. The molecular weight excluding hydrogens is 395 g/mol. The molecule has 0 saturated carbocycles. The minimum Gasteiger partial charge on any atom is -0.598 e. The minimum absolute atomic E-state index is 0.152. The van der Waals surface area contributed by atoms with Crippen molar-refractivity contribution in [3.05, 3.63) is 29.6 Å². The third kappa shape index (κ3) is 4.20. The number of hydrogen-bond donors (Lipinski definition) is 2. The summed E-state index contributed by atoms with van der Waals surface area (Å²) in [6.07, 6.45) is 0.0351. The SMILES string of the molecule is CC(C)(CN[S+]([O-])C(C)(C)C)[C@@H]1c2cccc(F)c2OC12CCN(C(=O)O)CC2. The zero-order chi connectivity index (χ0) is 21.6. The lowest BCUT2D eigenvalue weighted by molar-refractivity contribution is -0.0259. The highest BCUT2D eigenvalue weighted by Gasteiger charge is 2.56. The Morgan fingerprint density at radius 2 is 1.97 bits per heavy atom. The van der Waals surface area contributed by atoms with Crippen LogP contribution in [0, 0.1) is 11.2 Å². The second kappa shape index (κ2) is 7.63. The lowest BCUT2D eigenvalue weighted by Crippen LogP contribution is -2.55. The Balaban J connectivity index is 1.92. The molecule has 29 heavy (non-hydrogen) atoms. The second-order valence-electron chi connectivity index (χ2n) is 9.72. The van der Waals surface area contributed by atoms with E-state index in [-0.39, 0.29) is 11.7 Å². The molecule has 8 heteroatoms. The maximum absolute atomic E-state index is 14.6. The number of para-hydroxylation sites is 1. The number of halogens is 1. The minimum atomic E-state index is -1.23. The van der Waals surface area contributed by atoms with Crippen molar-refractivity contribution >= 4 is 17.5 Å². The molecule has 2 N–H and O–H groups in total. The Kier molecular flexibility index (Phi) is 5.84. The van der Waals surface area contributed by atoms with Crippen molar-refractivity contribution < 1.29 is 23.6 Å². The first kappa shape index (κ1) is 22.2. The molecule has 1 fully saturated rings. The van der Waals surface area contributed by atoms with Crippen molar-refractivity contribution in [3.63, 3.8) is 0 Å². The predicted octanol–water partition coefficient (Wildman–Crippen LogP) is 3.89. The van der Waals surface area contributed by atoms with Gasteiger partial charge in [-0.05, 0) is 32.3 Å². The molecule has 1 saturated heterocycles. The van der Waals surface area contributed by atoms with Crippen LogP contribution in [-0.2, 0) is 11.4 Å². The van der Waals surface area contributed by atoms with Gasteiger partial charge in [-0.15, -0.1) is 4.72 Å². The second-order valence-corrected chi connectivity index (χ2v) is 11.8. The average Bonchev–Trinajstić information content (AvgIpc) is 2.95. The summed E-state index contributed by atoms with van der Waals surface area (Å²) in [6.45, 7) is 11.0. The number of rotatable bonds is 4. The summed E-state index contributed by atoms with van der Waals surface area (Å²) < 4.78 is 36.1. The first-order valence-electron chi connectivity index (χ1n) is 9.98. The van der Waals surface area contributed by atoms with Crippen LogP contribution in [0.3, 0.4) is 0 Å². The van der Waals surface area contributed by atoms with E-state index in [0.717, 1.165) is 5.56 Å². The van der Waals surface area contributed by atoms with Gasteiger partial charge in [-0.3, -0.25) is 0 Å². The molecule has 2 atom stereocenters. The van der Waals surface area contributed by atoms with Crippen LogP contribution in [0.1, 0.15) is 58.9 Å². The lowest BCUT2D eigenvalue weighted by Gasteiger charge is -2.46. The van der Waals surface area contributed by atoms with Crippen LogP contribution < -0.4 is 9.46 Å². The fraction of sp³-hybridized carbons (Fsp3) is 0.667. The standard InChI is InChI=1S/C21H31FN2O4S/c1-19(2,3)29(27)23-13-20(4,5)17-14-7-6-8-15(22)16(14)28-21(17)9-11-24(12-10-21)18(25)26/h6-8,17,23H,9-13H2,1-5H3,(H,25,26)/t17-,29?/m0/s1. The summed E-state index contributed by atoms with van der Waals surface area (Å²) in [5.41, 5.74) is -0.266. The maximum Gasteiger partial charge on any atom is 0.407 e. The molecule has 2 aliphatic heterocycles. The highest BCUT2D eigenvalue weighted by molar-refractivity contribution is 7.90. The van der Waals surface area contributed by atoms with Gasteiger partial charge in [0.2, 0.25) is 0 Å². The van der Waals surface area contributed by atoms with E-state index in [4.69, 9.17) is 4.74 Å². The molecule has 2 aliphatic rings. The van der Waals surface area contributed by atoms with E-state index in [1.807, 2.05) is 26.8 Å². The van der Waals surface area contributed by atoms with Gasteiger partial charge in [0.25, 0.3) is 0 Å². The van der Waals surface area contributed by atoms with Crippen molar-refractivity contribution in [1.82, 2.24) is 9.62 Å². The molecule has 162 valence electrons. The Morgan fingerprint density at radius 3 is 2.52 bits per heavy atom. The summed E-state index contributed by atoms with van der Waals surface area (Å²) >= 11 is -1.23. The number of amides is 1. The lowest BCUT2D eigenvalue weighted by atomic mass is 9.64. The van der Waals surface area contributed by atoms with Crippen LogP contribution in [0.2, 0.25) is 0 Å². The maximum atomic E-state index is 14.6. The molecule has 0 bridgehead atoms. The van der Waals surface area contributed by atoms with E-state index in [1.165, 1.54) is 11.0 Å². The van der Waals surface area contributed by atoms with Gasteiger partial charge in [-0.2, -0.15) is 0 Å². The predicted molar refractivity (Wildman–Crippen MR) is 111 cm³/mol. The first-order chi connectivity index (χ1) is 13.4. The van der Waals surface area contributed by atoms with Gasteiger partial charge in [0.15, 0.2) is 11.6 Å². The number of nitrogens with one attached hydrogen (secondary N) is 1. The number of benzene rings is 1. The van der Waals surface area contributed by atoms with Crippen molar-refractivity contribution in [2.75, 3.05) is 19.6 Å². The van der Waals surface area contributed by atoms with Crippen molar-refractivity contribution in [3.8, 4) is 5.75 Å². The summed E-state index contributed by atoms with van der Waals surface area (Å²) in [7, 11) is 0. The monoisotopic (exact) mass is 426 g/mol. The third-order valence-corrected chi connectivity index (χ3v) is 7.54. The zero-order valence-electron chi connectivity index (χ0n) is 17.8. The largest absolute Gasteiger partial charge is 0.598 e. The Labute approximate surface area is 175 Å². The number of piperidine rings is 1. The molecule has 1 unspecified atom stereocenters. The normalized spacial score (nSPS) is 22.3. The van der Waals surface area contributed by atoms with E-state index >= 15 is 0 Å². The smallest absolute Gasteiger partial charge is 0.407 e. The molecule has 3 rings (SSSR count). The third-order valence-electron chi connectivity index (χ3n) is 6.02. The number of likely N-dealkylation sites (tertiary alicyclic amines) is 1. The highest BCUT2D eigenvalue weighted by atomic mass is 32.2. The molecule has 1 aromatic carbocycles. The van der Waals surface area contributed by atoms with E-state index < -0.39 is 39.0 Å². The van der Waals surface area contributed by atoms with E-state index in [1.54, 1.807) is 6.07 Å². The van der Waals surface area contributed by atoms with Gasteiger partial charge in [-0.25, -0.2) is 9.18 Å². The van der Waals surface area contributed by atoms with Gasteiger partial charge < -0.3 is 19.3 Å². The number of carbonyl (C=O) groups is 1. The summed E-state index contributed by atoms with van der Waals surface area (Å²) in [5.74, 6) is -0.278. The quantitative estimate of drug-likeness (QED) is 0.714. The average molecular weight is 427 g/mol. The van der Waals surface area contributed by atoms with E-state index in [2.05, 4.69) is 18.6 Å². The van der Waals surface area contributed by atoms with Crippen molar-refractivity contribution in [2.24, 2.45) is 5.41 Å². The van der Waals surface area contributed by atoms with Crippen LogP contribution in [0.4, 0.5) is 9.18 Å². The summed E-state index contributed by atoms with van der Waals surface area (Å²) in [6, 6.07) is 4.97. The molecule has 0 radical (unpaired) electrons. The van der Waals surface area contributed by atoms with Crippen LogP contribution in [0.25, 0.3) is 0 Å². The Hall–Kier alpha value is -1.51. The van der Waals surface area contributed by atoms with Gasteiger partial charge in [-0.1, -0.05) is 26.0 Å². The number of hydrogen-bond acceptors (Lipinski definition) is 4. The summed E-state index contributed by atoms with van der Waals surface area (Å²) in [5, 5.41) is 9.32. The number of ether oxygens (including phenoxy) is 1. The van der Waals surface area contributed by atoms with Gasteiger partial charge in [0.1, 0.15) is 10.3 Å². The fourth-order valence-corrected chi connectivity index (χ4v) is 5.51. The molecule has 0 aliphatic carbocycles. The molecule has 1 amide bonds. The first-order valence-corrected chi connectivity index (χ1v) is 11.1. The van der Waals surface area contributed by atoms with Crippen LogP contribution in [-0.4, -0.2) is 50.6 Å². The molecule has 6 nitrogen and oxygen atoms in total. The van der Waals surface area contributed by atoms with Gasteiger partial charge in [0, 0.05) is 55.3 Å².